The van der Waals surface area contributed by atoms with Crippen LogP contribution >= 0.6 is 0 Å². The lowest BCUT2D eigenvalue weighted by atomic mass is 10.2. The number of benzene rings is 1. The van der Waals surface area contributed by atoms with Gasteiger partial charge in [0.25, 0.3) is 5.91 Å². The predicted molar refractivity (Wildman–Crippen MR) is 99.4 cm³/mol. The molecule has 0 aliphatic rings. The van der Waals surface area contributed by atoms with Gasteiger partial charge in [-0.05, 0) is 32.4 Å². The summed E-state index contributed by atoms with van der Waals surface area (Å²) in [6.45, 7) is 6.77. The first kappa shape index (κ1) is 18.7. The van der Waals surface area contributed by atoms with Crippen molar-refractivity contribution in [3.05, 3.63) is 42.4 Å². The molecule has 1 aromatic carbocycles. The molecule has 0 saturated carbocycles. The quantitative estimate of drug-likeness (QED) is 0.788. The topological polar surface area (TPSA) is 67.4 Å². The highest BCUT2D eigenvalue weighted by Gasteiger charge is 2.14. The Morgan fingerprint density at radius 3 is 2.76 bits per heavy atom. The second kappa shape index (κ2) is 9.01. The van der Waals surface area contributed by atoms with E-state index < -0.39 is 0 Å². The van der Waals surface area contributed by atoms with Crippen molar-refractivity contribution in [1.29, 1.82) is 0 Å². The van der Waals surface area contributed by atoms with Crippen molar-refractivity contribution in [2.75, 3.05) is 18.9 Å². The van der Waals surface area contributed by atoms with Gasteiger partial charge in [-0.3, -0.25) is 4.79 Å². The molecule has 134 valence electrons. The summed E-state index contributed by atoms with van der Waals surface area (Å²) in [6.07, 6.45) is 3.48. The fourth-order valence-corrected chi connectivity index (χ4v) is 2.30. The average molecular weight is 342 g/mol. The molecule has 0 atom stereocenters. The zero-order valence-electron chi connectivity index (χ0n) is 15.3. The van der Waals surface area contributed by atoms with Gasteiger partial charge in [-0.2, -0.15) is 0 Å². The highest BCUT2D eigenvalue weighted by Crippen LogP contribution is 2.27. The van der Waals surface area contributed by atoms with E-state index in [4.69, 9.17) is 4.74 Å². The summed E-state index contributed by atoms with van der Waals surface area (Å²) in [7, 11) is 1.79. The molecule has 0 spiro atoms. The van der Waals surface area contributed by atoms with Crippen LogP contribution in [0.25, 0.3) is 0 Å². The van der Waals surface area contributed by atoms with E-state index in [2.05, 4.69) is 22.2 Å². The maximum absolute atomic E-state index is 12.5. The molecular formula is C19H26N4O2. The number of anilines is 2. The number of nitrogens with zero attached hydrogens (tertiary/aromatic N) is 3. The first-order chi connectivity index (χ1) is 12.0. The van der Waals surface area contributed by atoms with Gasteiger partial charge in [-0.15, -0.1) is 0 Å². The molecule has 25 heavy (non-hydrogen) atoms. The monoisotopic (exact) mass is 342 g/mol. The van der Waals surface area contributed by atoms with Crippen LogP contribution in [0.15, 0.2) is 36.7 Å². The molecule has 1 heterocycles. The number of carbonyl (C=O) groups is 1. The Bertz CT molecular complexity index is 703. The summed E-state index contributed by atoms with van der Waals surface area (Å²) in [4.78, 5) is 22.5. The summed E-state index contributed by atoms with van der Waals surface area (Å²) < 4.78 is 5.80. The molecule has 0 unspecified atom stereocenters. The third kappa shape index (κ3) is 5.45. The molecule has 0 fully saturated rings. The van der Waals surface area contributed by atoms with Crippen LogP contribution in [0.3, 0.4) is 0 Å². The van der Waals surface area contributed by atoms with Crippen LogP contribution < -0.4 is 10.1 Å². The molecule has 1 amide bonds. The number of aromatic nitrogens is 2. The van der Waals surface area contributed by atoms with Crippen molar-refractivity contribution in [1.82, 2.24) is 14.9 Å². The summed E-state index contributed by atoms with van der Waals surface area (Å²) in [6, 6.07) is 9.31. The summed E-state index contributed by atoms with van der Waals surface area (Å²) in [5.74, 6) is 1.19. The average Bonchev–Trinajstić information content (AvgIpc) is 2.60. The van der Waals surface area contributed by atoms with Gasteiger partial charge in [0.1, 0.15) is 23.6 Å². The number of hydrogen-bond acceptors (Lipinski definition) is 5. The fraction of sp³-hybridized carbons (Fsp3) is 0.421. The molecule has 0 aliphatic carbocycles. The van der Waals surface area contributed by atoms with Gasteiger partial charge in [0.05, 0.1) is 11.8 Å². The number of nitrogens with one attached hydrogen (secondary N) is 1. The minimum Gasteiger partial charge on any atom is -0.489 e. The van der Waals surface area contributed by atoms with E-state index in [-0.39, 0.29) is 12.0 Å². The molecule has 0 aliphatic heterocycles. The standard InChI is InChI=1S/C19H26N4O2/c1-5-6-11-23(4)19(24)16-12-18(21-13-20-16)22-15-9-7-8-10-17(15)25-14(2)3/h7-10,12-14H,5-6,11H2,1-4H3,(H,20,21,22). The van der Waals surface area contributed by atoms with Gasteiger partial charge < -0.3 is 15.0 Å². The highest BCUT2D eigenvalue weighted by atomic mass is 16.5. The van der Waals surface area contributed by atoms with E-state index in [0.717, 1.165) is 24.3 Å². The van der Waals surface area contributed by atoms with Gasteiger partial charge in [-0.1, -0.05) is 25.5 Å². The second-order valence-corrected chi connectivity index (χ2v) is 6.16. The maximum Gasteiger partial charge on any atom is 0.272 e. The number of carbonyl (C=O) groups excluding carboxylic acids is 1. The molecule has 2 aromatic rings. The lowest BCUT2D eigenvalue weighted by molar-refractivity contribution is 0.0787. The number of para-hydroxylation sites is 2. The molecule has 6 nitrogen and oxygen atoms in total. The lowest BCUT2D eigenvalue weighted by Crippen LogP contribution is -2.28. The fourth-order valence-electron chi connectivity index (χ4n) is 2.30. The van der Waals surface area contributed by atoms with E-state index in [9.17, 15) is 4.79 Å². The predicted octanol–water partition coefficient (Wildman–Crippen LogP) is 3.88. The van der Waals surface area contributed by atoms with Crippen molar-refractivity contribution in [3.63, 3.8) is 0 Å². The number of hydrogen-bond donors (Lipinski definition) is 1. The van der Waals surface area contributed by atoms with Crippen molar-refractivity contribution < 1.29 is 9.53 Å². The van der Waals surface area contributed by atoms with Crippen LogP contribution in [0.2, 0.25) is 0 Å². The molecule has 0 saturated heterocycles. The summed E-state index contributed by atoms with van der Waals surface area (Å²) in [5, 5.41) is 3.21. The summed E-state index contributed by atoms with van der Waals surface area (Å²) in [5.41, 5.74) is 1.17. The van der Waals surface area contributed by atoms with E-state index >= 15 is 0 Å². The molecule has 1 aromatic heterocycles. The van der Waals surface area contributed by atoms with E-state index in [0.29, 0.717) is 18.1 Å². The Balaban J connectivity index is 2.16. The van der Waals surface area contributed by atoms with E-state index in [1.807, 2.05) is 38.1 Å². The first-order valence-electron chi connectivity index (χ1n) is 8.61. The lowest BCUT2D eigenvalue weighted by Gasteiger charge is -2.17. The molecular weight excluding hydrogens is 316 g/mol. The number of amides is 1. The SMILES string of the molecule is CCCCN(C)C(=O)c1cc(Nc2ccccc2OC(C)C)ncn1. The normalized spacial score (nSPS) is 10.6. The van der Waals surface area contributed by atoms with Crippen LogP contribution in [-0.2, 0) is 0 Å². The van der Waals surface area contributed by atoms with E-state index in [1.165, 1.54) is 6.33 Å². The highest BCUT2D eigenvalue weighted by molar-refractivity contribution is 5.92. The van der Waals surface area contributed by atoms with Crippen LogP contribution in [0.5, 0.6) is 5.75 Å². The van der Waals surface area contributed by atoms with Crippen LogP contribution in [0.1, 0.15) is 44.1 Å². The van der Waals surface area contributed by atoms with Crippen molar-refractivity contribution in [2.45, 2.75) is 39.7 Å². The molecule has 2 rings (SSSR count). The Kier molecular flexibility index (Phi) is 6.74. The van der Waals surface area contributed by atoms with Crippen LogP contribution in [0, 0.1) is 0 Å². The molecule has 6 heteroatoms. The third-order valence-corrected chi connectivity index (χ3v) is 3.59. The zero-order valence-corrected chi connectivity index (χ0v) is 15.3. The van der Waals surface area contributed by atoms with Gasteiger partial charge in [-0.25, -0.2) is 9.97 Å². The van der Waals surface area contributed by atoms with Crippen LogP contribution in [-0.4, -0.2) is 40.5 Å². The van der Waals surface area contributed by atoms with Crippen molar-refractivity contribution >= 4 is 17.4 Å². The van der Waals surface area contributed by atoms with Gasteiger partial charge in [0, 0.05) is 19.7 Å². The smallest absolute Gasteiger partial charge is 0.272 e. The van der Waals surface area contributed by atoms with Crippen molar-refractivity contribution in [3.8, 4) is 5.75 Å². The van der Waals surface area contributed by atoms with Crippen molar-refractivity contribution in [2.24, 2.45) is 0 Å². The second-order valence-electron chi connectivity index (χ2n) is 6.16. The Labute approximate surface area is 149 Å². The minimum absolute atomic E-state index is 0.0673. The Morgan fingerprint density at radius 1 is 1.28 bits per heavy atom. The maximum atomic E-state index is 12.5. The number of rotatable bonds is 8. The molecule has 1 N–H and O–H groups in total. The van der Waals surface area contributed by atoms with Gasteiger partial charge >= 0.3 is 0 Å². The van der Waals surface area contributed by atoms with Crippen LogP contribution in [0.4, 0.5) is 11.5 Å². The summed E-state index contributed by atoms with van der Waals surface area (Å²) >= 11 is 0. The van der Waals surface area contributed by atoms with E-state index in [1.54, 1.807) is 18.0 Å². The van der Waals surface area contributed by atoms with Gasteiger partial charge in [0.2, 0.25) is 0 Å². The molecule has 0 radical (unpaired) electrons. The van der Waals surface area contributed by atoms with Gasteiger partial charge in [0.15, 0.2) is 0 Å². The largest absolute Gasteiger partial charge is 0.489 e. The Morgan fingerprint density at radius 2 is 2.04 bits per heavy atom. The molecule has 0 bridgehead atoms. The minimum atomic E-state index is -0.106. The zero-order chi connectivity index (χ0) is 18.2. The third-order valence-electron chi connectivity index (χ3n) is 3.59. The number of unbranched alkanes of at least 4 members (excludes halogenated alkanes) is 1. The number of ether oxygens (including phenoxy) is 1. The Hall–Kier alpha value is -2.63. The first-order valence-corrected chi connectivity index (χ1v) is 8.61.